The summed E-state index contributed by atoms with van der Waals surface area (Å²) in [6.07, 6.45) is -0.533. The maximum absolute atomic E-state index is 12.3. The van der Waals surface area contributed by atoms with E-state index in [1.807, 2.05) is 13.8 Å². The number of aliphatic hydroxyl groups is 1. The number of hydrogen-bond acceptors (Lipinski definition) is 6. The van der Waals surface area contributed by atoms with Crippen LogP contribution in [0.3, 0.4) is 0 Å². The summed E-state index contributed by atoms with van der Waals surface area (Å²) in [5.41, 5.74) is 5.23. The second-order valence-electron chi connectivity index (χ2n) is 6.83. The quantitative estimate of drug-likeness (QED) is 0.773. The van der Waals surface area contributed by atoms with Gasteiger partial charge < -0.3 is 25.1 Å². The lowest BCUT2D eigenvalue weighted by Gasteiger charge is -2.40. The minimum absolute atomic E-state index is 0.00345. The highest BCUT2D eigenvalue weighted by molar-refractivity contribution is 5.88. The molecule has 6 nitrogen and oxygen atoms in total. The number of Topliss-reactive ketones (excluding diaryl/α,β-unsaturated/α-hetero) is 1. The summed E-state index contributed by atoms with van der Waals surface area (Å²) in [4.78, 5) is 12.3. The molecule has 2 aliphatic rings. The summed E-state index contributed by atoms with van der Waals surface area (Å²) in [6, 6.07) is 0. The van der Waals surface area contributed by atoms with Gasteiger partial charge in [-0.15, -0.1) is 0 Å². The van der Waals surface area contributed by atoms with E-state index in [1.165, 1.54) is 0 Å². The normalized spacial score (nSPS) is 39.1. The van der Waals surface area contributed by atoms with Gasteiger partial charge in [0.2, 0.25) is 0 Å². The summed E-state index contributed by atoms with van der Waals surface area (Å²) in [6.45, 7) is 8.06. The molecule has 5 atom stereocenters. The zero-order chi connectivity index (χ0) is 15.8. The Labute approximate surface area is 125 Å². The smallest absolute Gasteiger partial charge is 0.166 e. The lowest BCUT2D eigenvalue weighted by Crippen LogP contribution is -2.53. The maximum atomic E-state index is 12.3. The lowest BCUT2D eigenvalue weighted by atomic mass is 9.83. The number of ether oxygens (including phenoxy) is 3. The number of hydrogen-bond donors (Lipinski definition) is 2. The van der Waals surface area contributed by atoms with Crippen molar-refractivity contribution >= 4 is 5.78 Å². The Hall–Kier alpha value is -0.530. The van der Waals surface area contributed by atoms with Gasteiger partial charge in [-0.05, 0) is 19.8 Å². The molecule has 2 fully saturated rings. The minimum atomic E-state index is -0.876. The zero-order valence-corrected chi connectivity index (χ0v) is 13.3. The van der Waals surface area contributed by atoms with Gasteiger partial charge in [-0.1, -0.05) is 13.8 Å². The van der Waals surface area contributed by atoms with Crippen molar-refractivity contribution in [2.24, 2.45) is 11.7 Å². The van der Waals surface area contributed by atoms with Gasteiger partial charge in [0.25, 0.3) is 0 Å². The Morgan fingerprint density at radius 1 is 1.48 bits per heavy atom. The van der Waals surface area contributed by atoms with E-state index in [4.69, 9.17) is 19.9 Å². The summed E-state index contributed by atoms with van der Waals surface area (Å²) in [5, 5.41) is 9.84. The molecular formula is C15H27NO5. The number of ketones is 1. The van der Waals surface area contributed by atoms with Gasteiger partial charge in [-0.25, -0.2) is 0 Å². The van der Waals surface area contributed by atoms with E-state index >= 15 is 0 Å². The molecule has 21 heavy (non-hydrogen) atoms. The molecule has 0 aromatic rings. The molecule has 0 aromatic carbocycles. The van der Waals surface area contributed by atoms with Crippen LogP contribution in [0.15, 0.2) is 0 Å². The van der Waals surface area contributed by atoms with Crippen molar-refractivity contribution in [2.75, 3.05) is 13.2 Å². The summed E-state index contributed by atoms with van der Waals surface area (Å²) in [7, 11) is 0. The van der Waals surface area contributed by atoms with Gasteiger partial charge in [0, 0.05) is 12.8 Å². The Kier molecular flexibility index (Phi) is 4.75. The van der Waals surface area contributed by atoms with Gasteiger partial charge in [0.15, 0.2) is 11.6 Å². The summed E-state index contributed by atoms with van der Waals surface area (Å²) >= 11 is 0. The molecule has 0 amide bonds. The van der Waals surface area contributed by atoms with Crippen LogP contribution < -0.4 is 5.73 Å². The van der Waals surface area contributed by atoms with Crippen LogP contribution >= 0.6 is 0 Å². The molecule has 0 aromatic heterocycles. The summed E-state index contributed by atoms with van der Waals surface area (Å²) < 4.78 is 16.9. The fourth-order valence-electron chi connectivity index (χ4n) is 2.60. The SMILES string of the molecule is CC(C)C(C)(N)C(=O)CCC1(C)OCC2OCC(O)C2O1. The molecule has 0 bridgehead atoms. The first-order chi connectivity index (χ1) is 9.66. The van der Waals surface area contributed by atoms with Crippen molar-refractivity contribution < 1.29 is 24.1 Å². The number of aliphatic hydroxyl groups excluding tert-OH is 1. The maximum Gasteiger partial charge on any atom is 0.166 e. The number of carbonyl (C=O) groups excluding carboxylic acids is 1. The fourth-order valence-corrected chi connectivity index (χ4v) is 2.60. The van der Waals surface area contributed by atoms with Gasteiger partial charge in [0.1, 0.15) is 18.3 Å². The molecule has 2 saturated heterocycles. The first-order valence-electron chi connectivity index (χ1n) is 7.59. The van der Waals surface area contributed by atoms with Gasteiger partial charge in [-0.2, -0.15) is 0 Å². The van der Waals surface area contributed by atoms with Crippen molar-refractivity contribution in [3.05, 3.63) is 0 Å². The summed E-state index contributed by atoms with van der Waals surface area (Å²) in [5.74, 6) is -0.810. The van der Waals surface area contributed by atoms with E-state index in [0.29, 0.717) is 13.0 Å². The molecule has 122 valence electrons. The standard InChI is InChI=1S/C15H27NO5/c1-9(2)15(4,16)12(18)5-6-14(3)20-8-11-13(21-14)10(17)7-19-11/h9-11,13,17H,5-8,16H2,1-4H3. The van der Waals surface area contributed by atoms with E-state index in [0.717, 1.165) is 0 Å². The Bertz CT molecular complexity index is 398. The predicted octanol–water partition coefficient (Wildman–Crippen LogP) is 0.600. The third-order valence-electron chi connectivity index (χ3n) is 4.77. The van der Waals surface area contributed by atoms with E-state index in [-0.39, 0.29) is 36.9 Å². The van der Waals surface area contributed by atoms with Gasteiger partial charge >= 0.3 is 0 Å². The van der Waals surface area contributed by atoms with Gasteiger partial charge in [-0.3, -0.25) is 4.79 Å². The molecule has 2 rings (SSSR count). The van der Waals surface area contributed by atoms with E-state index in [2.05, 4.69) is 0 Å². The molecular weight excluding hydrogens is 274 g/mol. The van der Waals surface area contributed by atoms with Crippen LogP contribution in [0.25, 0.3) is 0 Å². The number of fused-ring (bicyclic) bond motifs is 1. The highest BCUT2D eigenvalue weighted by Crippen LogP contribution is 2.33. The molecule has 0 aliphatic carbocycles. The van der Waals surface area contributed by atoms with Crippen LogP contribution in [0.5, 0.6) is 0 Å². The third kappa shape index (κ3) is 3.46. The van der Waals surface area contributed by atoms with E-state index < -0.39 is 17.4 Å². The molecule has 2 aliphatic heterocycles. The number of nitrogens with two attached hydrogens (primary N) is 1. The van der Waals surface area contributed by atoms with E-state index in [9.17, 15) is 9.90 Å². The first kappa shape index (κ1) is 16.8. The van der Waals surface area contributed by atoms with Crippen molar-refractivity contribution in [1.29, 1.82) is 0 Å². The van der Waals surface area contributed by atoms with E-state index in [1.54, 1.807) is 13.8 Å². The topological polar surface area (TPSA) is 91.0 Å². The molecule has 6 heteroatoms. The zero-order valence-electron chi connectivity index (χ0n) is 13.3. The number of rotatable bonds is 5. The second-order valence-corrected chi connectivity index (χ2v) is 6.83. The molecule has 0 spiro atoms. The molecule has 2 heterocycles. The second kappa shape index (κ2) is 5.93. The average Bonchev–Trinajstić information content (AvgIpc) is 2.77. The van der Waals surface area contributed by atoms with Crippen LogP contribution in [0.2, 0.25) is 0 Å². The monoisotopic (exact) mass is 301 g/mol. The largest absolute Gasteiger partial charge is 0.388 e. The van der Waals surface area contributed by atoms with Crippen LogP contribution in [0.1, 0.15) is 40.5 Å². The molecule has 0 saturated carbocycles. The van der Waals surface area contributed by atoms with Crippen molar-refractivity contribution in [2.45, 2.75) is 70.2 Å². The van der Waals surface area contributed by atoms with Crippen LogP contribution in [0.4, 0.5) is 0 Å². The van der Waals surface area contributed by atoms with Crippen molar-refractivity contribution in [3.8, 4) is 0 Å². The average molecular weight is 301 g/mol. The predicted molar refractivity (Wildman–Crippen MR) is 76.6 cm³/mol. The fraction of sp³-hybridized carbons (Fsp3) is 0.933. The van der Waals surface area contributed by atoms with Crippen LogP contribution in [-0.2, 0) is 19.0 Å². The van der Waals surface area contributed by atoms with Gasteiger partial charge in [0.05, 0.1) is 18.8 Å². The van der Waals surface area contributed by atoms with Crippen LogP contribution in [-0.4, -0.2) is 53.7 Å². The Morgan fingerprint density at radius 2 is 2.14 bits per heavy atom. The van der Waals surface area contributed by atoms with Crippen LogP contribution in [0, 0.1) is 5.92 Å². The Balaban J connectivity index is 1.92. The van der Waals surface area contributed by atoms with Crippen molar-refractivity contribution in [3.63, 3.8) is 0 Å². The molecule has 5 unspecified atom stereocenters. The third-order valence-corrected chi connectivity index (χ3v) is 4.77. The lowest BCUT2D eigenvalue weighted by molar-refractivity contribution is -0.311. The highest BCUT2D eigenvalue weighted by Gasteiger charge is 2.47. The number of carbonyl (C=O) groups is 1. The molecule has 0 radical (unpaired) electrons. The minimum Gasteiger partial charge on any atom is -0.388 e. The molecule has 3 N–H and O–H groups in total. The first-order valence-corrected chi connectivity index (χ1v) is 7.59. The highest BCUT2D eigenvalue weighted by atomic mass is 16.7. The Morgan fingerprint density at radius 3 is 2.76 bits per heavy atom. The van der Waals surface area contributed by atoms with Crippen molar-refractivity contribution in [1.82, 2.24) is 0 Å².